The number of rotatable bonds is 8. The van der Waals surface area contributed by atoms with Crippen LogP contribution in [0.3, 0.4) is 0 Å². The lowest BCUT2D eigenvalue weighted by Crippen LogP contribution is -2.44. The van der Waals surface area contributed by atoms with Gasteiger partial charge in [-0.15, -0.1) is 12.4 Å². The van der Waals surface area contributed by atoms with E-state index in [2.05, 4.69) is 36.1 Å². The van der Waals surface area contributed by atoms with E-state index in [1.165, 1.54) is 0 Å². The first kappa shape index (κ1) is 44.6. The highest BCUT2D eigenvalue weighted by Gasteiger charge is 2.51. The van der Waals surface area contributed by atoms with Gasteiger partial charge in [0.2, 0.25) is 23.6 Å². The Hall–Kier alpha value is -4.54. The number of Topliss-reactive ketones (excluding diaryl/α,β-unsaturated/α-hetero) is 1. The Labute approximate surface area is 346 Å². The van der Waals surface area contributed by atoms with Gasteiger partial charge in [-0.05, 0) is 95.3 Å². The third-order valence-electron chi connectivity index (χ3n) is 12.3. The second-order valence-electron chi connectivity index (χ2n) is 15.6. The van der Waals surface area contributed by atoms with E-state index in [0.717, 1.165) is 87.2 Å². The number of likely N-dealkylation sites (tertiary alicyclic amines) is 1. The lowest BCUT2D eigenvalue weighted by Gasteiger charge is -2.39. The number of amides is 3. The maximum absolute atomic E-state index is 12.8. The highest BCUT2D eigenvalue weighted by atomic mass is 35.5. The van der Waals surface area contributed by atoms with Gasteiger partial charge in [0.25, 0.3) is 0 Å². The summed E-state index contributed by atoms with van der Waals surface area (Å²) in [5, 5.41) is 11.8. The number of halogens is 1. The van der Waals surface area contributed by atoms with Crippen LogP contribution in [0, 0.1) is 5.92 Å². The lowest BCUT2D eigenvalue weighted by atomic mass is 9.69. The lowest BCUT2D eigenvalue weighted by molar-refractivity contribution is -0.144. The van der Waals surface area contributed by atoms with E-state index in [1.54, 1.807) is 33.5 Å². The number of methoxy groups -OCH3 is 2. The Balaban J connectivity index is 0.000000183. The monoisotopic (exact) mass is 827 g/mol. The number of fused-ring (bicyclic) bond motifs is 4. The number of nitrogens with one attached hydrogen (secondary N) is 4. The minimum Gasteiger partial charge on any atom is -0.481 e. The first-order chi connectivity index (χ1) is 27.5. The number of hydrogen-bond acceptors (Lipinski definition) is 13. The summed E-state index contributed by atoms with van der Waals surface area (Å²) in [4.78, 5) is 69.8. The minimum absolute atomic E-state index is 0. The van der Waals surface area contributed by atoms with Crippen LogP contribution in [0.25, 0.3) is 0 Å². The number of ether oxygens (including phenoxy) is 4. The molecular formula is C41H58ClN7O9. The van der Waals surface area contributed by atoms with Crippen molar-refractivity contribution in [3.8, 4) is 11.8 Å². The third kappa shape index (κ3) is 9.83. The van der Waals surface area contributed by atoms with Crippen LogP contribution in [0.2, 0.25) is 0 Å². The zero-order chi connectivity index (χ0) is 40.6. The predicted molar refractivity (Wildman–Crippen MR) is 218 cm³/mol. The summed E-state index contributed by atoms with van der Waals surface area (Å²) in [5.74, 6) is 1.68. The van der Waals surface area contributed by atoms with Crippen molar-refractivity contribution in [2.45, 2.75) is 107 Å². The number of carbonyl (C=O) groups is 5. The zero-order valence-corrected chi connectivity index (χ0v) is 34.8. The van der Waals surface area contributed by atoms with E-state index < -0.39 is 10.8 Å². The normalized spacial score (nSPS) is 25.1. The number of hydrogen-bond donors (Lipinski definition) is 4. The van der Waals surface area contributed by atoms with E-state index in [9.17, 15) is 24.0 Å². The summed E-state index contributed by atoms with van der Waals surface area (Å²) < 4.78 is 20.2. The van der Waals surface area contributed by atoms with Gasteiger partial charge in [-0.1, -0.05) is 0 Å². The van der Waals surface area contributed by atoms with E-state index in [-0.39, 0.29) is 48.1 Å². The van der Waals surface area contributed by atoms with E-state index in [4.69, 9.17) is 18.9 Å². The number of alkyl carbamates (subject to hydrolysis) is 1. The molecule has 4 aliphatic heterocycles. The Morgan fingerprint density at radius 1 is 0.828 bits per heavy atom. The molecule has 2 aromatic rings. The molecule has 0 bridgehead atoms. The molecule has 17 heteroatoms. The molecule has 6 heterocycles. The van der Waals surface area contributed by atoms with Gasteiger partial charge < -0.3 is 45.1 Å². The maximum atomic E-state index is 12.8. The average molecular weight is 828 g/mol. The molecule has 2 atom stereocenters. The van der Waals surface area contributed by atoms with Crippen molar-refractivity contribution in [3.05, 3.63) is 35.7 Å². The second-order valence-corrected chi connectivity index (χ2v) is 15.6. The molecule has 6 aliphatic rings. The van der Waals surface area contributed by atoms with Gasteiger partial charge in [0.1, 0.15) is 5.78 Å². The van der Waals surface area contributed by atoms with Crippen LogP contribution in [-0.4, -0.2) is 110 Å². The molecule has 8 rings (SSSR count). The number of aromatic nitrogens is 2. The molecule has 2 aromatic heterocycles. The quantitative estimate of drug-likeness (QED) is 0.273. The fraction of sp³-hybridized carbons (Fsp3) is 0.634. The van der Waals surface area contributed by atoms with Crippen LogP contribution >= 0.6 is 12.4 Å². The fourth-order valence-corrected chi connectivity index (χ4v) is 9.16. The maximum Gasteiger partial charge on any atom is 0.407 e. The molecule has 318 valence electrons. The summed E-state index contributed by atoms with van der Waals surface area (Å²) in [6, 6.07) is 4.47. The molecular weight excluding hydrogens is 770 g/mol. The van der Waals surface area contributed by atoms with Crippen LogP contribution < -0.4 is 30.7 Å². The van der Waals surface area contributed by atoms with Gasteiger partial charge in [-0.25, -0.2) is 14.8 Å². The highest BCUT2D eigenvalue weighted by Crippen LogP contribution is 2.49. The van der Waals surface area contributed by atoms with Gasteiger partial charge in [0.15, 0.2) is 0 Å². The van der Waals surface area contributed by atoms with Crippen molar-refractivity contribution in [2.24, 2.45) is 5.92 Å². The van der Waals surface area contributed by atoms with Crippen molar-refractivity contribution in [3.63, 3.8) is 0 Å². The first-order valence-electron chi connectivity index (χ1n) is 20.3. The standard InChI is InChI=1S/C21H29N3O4.C13H14N2O3.C7H14N2O2.ClH/c1-3-28-19(25)10-14-6-9-24(13-14)15-4-7-21(8-5-15)16-11-18(27-2)22-12-17(16)23-20(21)26;1-18-11-6-9-10(7-14-11)15-12(17)13(9)4-2-8(16)3-5-13;1-2-11-7(10)9-6-3-4-8-5-6;/h11-12,14-15H,3-10,13H2,1-2H3,(H,23,26);6-7H,2-5H2,1H3,(H,15,17);6,8H,2-5H2,1H3,(H,9,10);1H/t14-,15?,21?;;;/m1.../s1. The Morgan fingerprint density at radius 2 is 1.40 bits per heavy atom. The van der Waals surface area contributed by atoms with Crippen LogP contribution in [0.4, 0.5) is 16.2 Å². The second kappa shape index (κ2) is 19.9. The van der Waals surface area contributed by atoms with Crippen LogP contribution in [-0.2, 0) is 39.5 Å². The molecule has 1 unspecified atom stereocenters. The summed E-state index contributed by atoms with van der Waals surface area (Å²) in [5.41, 5.74) is 2.51. The average Bonchev–Trinajstić information content (AvgIpc) is 4.01. The van der Waals surface area contributed by atoms with Crippen LogP contribution in [0.5, 0.6) is 11.8 Å². The number of ketones is 1. The Kier molecular flexibility index (Phi) is 15.3. The van der Waals surface area contributed by atoms with E-state index in [0.29, 0.717) is 69.0 Å². The Morgan fingerprint density at radius 3 is 1.91 bits per heavy atom. The van der Waals surface area contributed by atoms with E-state index >= 15 is 0 Å². The predicted octanol–water partition coefficient (Wildman–Crippen LogP) is 4.44. The molecule has 3 amide bonds. The summed E-state index contributed by atoms with van der Waals surface area (Å²) in [6.45, 7) is 8.36. The summed E-state index contributed by atoms with van der Waals surface area (Å²) in [6.07, 6.45) is 11.3. The topological polar surface area (TPSA) is 199 Å². The molecule has 0 aromatic carbocycles. The molecule has 4 N–H and O–H groups in total. The smallest absolute Gasteiger partial charge is 0.407 e. The van der Waals surface area contributed by atoms with Crippen LogP contribution in [0.15, 0.2) is 24.5 Å². The molecule has 4 fully saturated rings. The minimum atomic E-state index is -0.556. The number of pyridine rings is 2. The van der Waals surface area contributed by atoms with Gasteiger partial charge in [0, 0.05) is 56.6 Å². The third-order valence-corrected chi connectivity index (χ3v) is 12.3. The Bertz CT molecular complexity index is 1790. The first-order valence-corrected chi connectivity index (χ1v) is 20.3. The number of esters is 1. The number of carbonyl (C=O) groups excluding carboxylic acids is 5. The van der Waals surface area contributed by atoms with E-state index in [1.807, 2.05) is 19.1 Å². The fourth-order valence-electron chi connectivity index (χ4n) is 9.16. The van der Waals surface area contributed by atoms with Crippen molar-refractivity contribution in [2.75, 3.05) is 64.2 Å². The highest BCUT2D eigenvalue weighted by molar-refractivity contribution is 6.07. The molecule has 2 spiro atoms. The largest absolute Gasteiger partial charge is 0.481 e. The van der Waals surface area contributed by atoms with Crippen molar-refractivity contribution >= 4 is 53.4 Å². The van der Waals surface area contributed by atoms with Crippen molar-refractivity contribution < 1.29 is 42.9 Å². The number of nitrogens with zero attached hydrogens (tertiary/aromatic N) is 3. The number of anilines is 2. The zero-order valence-electron chi connectivity index (χ0n) is 34.0. The van der Waals surface area contributed by atoms with Crippen molar-refractivity contribution in [1.29, 1.82) is 0 Å². The molecule has 2 saturated carbocycles. The molecule has 2 aliphatic carbocycles. The molecule has 2 saturated heterocycles. The van der Waals surface area contributed by atoms with Gasteiger partial charge in [0.05, 0.1) is 62.0 Å². The van der Waals surface area contributed by atoms with Crippen molar-refractivity contribution in [1.82, 2.24) is 25.5 Å². The van der Waals surface area contributed by atoms with Gasteiger partial charge >= 0.3 is 12.1 Å². The molecule has 58 heavy (non-hydrogen) atoms. The SMILES string of the molecule is CCOC(=O)C[C@H]1CCN(C2CCC3(CC2)C(=O)Nc2cnc(OC)cc23)C1.CCOC(=O)NC1CCNC1.COc1cc2c(cn1)NC(=O)C21CCC(=O)CC1.Cl. The molecule has 16 nitrogen and oxygen atoms in total. The molecule has 0 radical (unpaired) electrons. The summed E-state index contributed by atoms with van der Waals surface area (Å²) in [7, 11) is 3.15. The summed E-state index contributed by atoms with van der Waals surface area (Å²) >= 11 is 0. The van der Waals surface area contributed by atoms with Crippen LogP contribution in [0.1, 0.15) is 95.6 Å². The van der Waals surface area contributed by atoms with Gasteiger partial charge in [-0.3, -0.25) is 19.2 Å². The van der Waals surface area contributed by atoms with Gasteiger partial charge in [-0.2, -0.15) is 0 Å².